The summed E-state index contributed by atoms with van der Waals surface area (Å²) < 4.78 is 0. The number of hydrogen-bond donors (Lipinski definition) is 1. The number of para-hydroxylation sites is 1. The predicted molar refractivity (Wildman–Crippen MR) is 105 cm³/mol. The minimum Gasteiger partial charge on any atom is -0.329 e. The first-order valence-corrected chi connectivity index (χ1v) is 8.95. The average molecular weight is 339 g/mol. The molecule has 0 aromatic heterocycles. The second-order valence-electron chi connectivity index (χ2n) is 6.49. The van der Waals surface area contributed by atoms with E-state index in [0.717, 1.165) is 25.2 Å². The standard InChI is InChI=1S/C21H29N3O/c1-18(2)24(20-11-7-4-8-12-20)21(25)17-23(16-14-22)15-13-19-9-5-3-6-10-19/h3-12,18H,13-17,22H2,1-2H3. The number of benzene rings is 2. The number of carbonyl (C=O) groups is 1. The third-order valence-corrected chi connectivity index (χ3v) is 4.18. The van der Waals surface area contributed by atoms with Gasteiger partial charge in [0.25, 0.3) is 0 Å². The molecule has 25 heavy (non-hydrogen) atoms. The van der Waals surface area contributed by atoms with Crippen molar-refractivity contribution in [1.82, 2.24) is 4.90 Å². The molecule has 0 spiro atoms. The van der Waals surface area contributed by atoms with E-state index >= 15 is 0 Å². The number of rotatable bonds is 9. The predicted octanol–water partition coefficient (Wildman–Crippen LogP) is 2.93. The highest BCUT2D eigenvalue weighted by Gasteiger charge is 2.21. The summed E-state index contributed by atoms with van der Waals surface area (Å²) >= 11 is 0. The summed E-state index contributed by atoms with van der Waals surface area (Å²) in [4.78, 5) is 16.9. The molecule has 1 amide bonds. The van der Waals surface area contributed by atoms with E-state index in [1.54, 1.807) is 0 Å². The van der Waals surface area contributed by atoms with Gasteiger partial charge in [0.2, 0.25) is 5.91 Å². The Bertz CT molecular complexity index is 628. The van der Waals surface area contributed by atoms with Gasteiger partial charge in [-0.15, -0.1) is 0 Å². The van der Waals surface area contributed by atoms with Crippen molar-refractivity contribution in [1.29, 1.82) is 0 Å². The van der Waals surface area contributed by atoms with Crippen molar-refractivity contribution in [3.63, 3.8) is 0 Å². The molecule has 0 saturated heterocycles. The largest absolute Gasteiger partial charge is 0.329 e. The maximum Gasteiger partial charge on any atom is 0.241 e. The van der Waals surface area contributed by atoms with E-state index in [1.165, 1.54) is 5.56 Å². The van der Waals surface area contributed by atoms with E-state index in [-0.39, 0.29) is 11.9 Å². The lowest BCUT2D eigenvalue weighted by atomic mass is 10.1. The molecule has 134 valence electrons. The summed E-state index contributed by atoms with van der Waals surface area (Å²) in [7, 11) is 0. The van der Waals surface area contributed by atoms with Crippen LogP contribution >= 0.6 is 0 Å². The Morgan fingerprint density at radius 1 is 0.960 bits per heavy atom. The summed E-state index contributed by atoms with van der Waals surface area (Å²) in [6, 6.07) is 20.3. The lowest BCUT2D eigenvalue weighted by Gasteiger charge is -2.30. The normalized spacial score (nSPS) is 11.1. The fourth-order valence-corrected chi connectivity index (χ4v) is 2.97. The van der Waals surface area contributed by atoms with Gasteiger partial charge in [0.05, 0.1) is 6.54 Å². The van der Waals surface area contributed by atoms with Gasteiger partial charge >= 0.3 is 0 Å². The molecule has 0 aliphatic rings. The second kappa shape index (κ2) is 9.97. The van der Waals surface area contributed by atoms with E-state index in [4.69, 9.17) is 5.73 Å². The van der Waals surface area contributed by atoms with Gasteiger partial charge in [0.1, 0.15) is 0 Å². The Morgan fingerprint density at radius 2 is 1.56 bits per heavy atom. The highest BCUT2D eigenvalue weighted by molar-refractivity contribution is 5.95. The van der Waals surface area contributed by atoms with E-state index < -0.39 is 0 Å². The van der Waals surface area contributed by atoms with Crippen LogP contribution in [-0.2, 0) is 11.2 Å². The molecule has 2 rings (SSSR count). The highest BCUT2D eigenvalue weighted by atomic mass is 16.2. The molecule has 0 heterocycles. The van der Waals surface area contributed by atoms with Crippen LogP contribution in [0.25, 0.3) is 0 Å². The average Bonchev–Trinajstić information content (AvgIpc) is 2.61. The molecule has 0 unspecified atom stereocenters. The van der Waals surface area contributed by atoms with Crippen LogP contribution in [0.1, 0.15) is 19.4 Å². The molecular weight excluding hydrogens is 310 g/mol. The molecular formula is C21H29N3O. The van der Waals surface area contributed by atoms with Gasteiger partial charge in [-0.25, -0.2) is 0 Å². The fourth-order valence-electron chi connectivity index (χ4n) is 2.97. The van der Waals surface area contributed by atoms with Crippen LogP contribution in [0.5, 0.6) is 0 Å². The molecule has 0 aliphatic heterocycles. The Kier molecular flexibility index (Phi) is 7.64. The van der Waals surface area contributed by atoms with Crippen molar-refractivity contribution in [2.24, 2.45) is 5.73 Å². The highest BCUT2D eigenvalue weighted by Crippen LogP contribution is 2.17. The topological polar surface area (TPSA) is 49.6 Å². The lowest BCUT2D eigenvalue weighted by molar-refractivity contribution is -0.120. The SMILES string of the molecule is CC(C)N(C(=O)CN(CCN)CCc1ccccc1)c1ccccc1. The van der Waals surface area contributed by atoms with Gasteiger partial charge in [-0.05, 0) is 38.0 Å². The third kappa shape index (κ3) is 6.00. The number of amides is 1. The Hall–Kier alpha value is -2.17. The first-order valence-electron chi connectivity index (χ1n) is 8.95. The van der Waals surface area contributed by atoms with Gasteiger partial charge in [-0.2, -0.15) is 0 Å². The molecule has 0 saturated carbocycles. The molecule has 4 nitrogen and oxygen atoms in total. The molecule has 2 aromatic carbocycles. The van der Waals surface area contributed by atoms with Gasteiger partial charge in [-0.1, -0.05) is 48.5 Å². The van der Waals surface area contributed by atoms with Gasteiger partial charge in [-0.3, -0.25) is 9.69 Å². The Morgan fingerprint density at radius 3 is 2.12 bits per heavy atom. The van der Waals surface area contributed by atoms with Gasteiger partial charge in [0.15, 0.2) is 0 Å². The number of anilines is 1. The fraction of sp³-hybridized carbons (Fsp3) is 0.381. The monoisotopic (exact) mass is 339 g/mol. The van der Waals surface area contributed by atoms with Crippen molar-refractivity contribution in [2.75, 3.05) is 31.1 Å². The summed E-state index contributed by atoms with van der Waals surface area (Å²) in [5.41, 5.74) is 7.98. The smallest absolute Gasteiger partial charge is 0.241 e. The van der Waals surface area contributed by atoms with Crippen LogP contribution < -0.4 is 10.6 Å². The maximum atomic E-state index is 12.9. The van der Waals surface area contributed by atoms with E-state index in [9.17, 15) is 4.79 Å². The van der Waals surface area contributed by atoms with Crippen molar-refractivity contribution in [3.8, 4) is 0 Å². The summed E-state index contributed by atoms with van der Waals surface area (Å²) in [6.45, 7) is 6.57. The zero-order valence-electron chi connectivity index (χ0n) is 15.3. The van der Waals surface area contributed by atoms with Crippen molar-refractivity contribution in [2.45, 2.75) is 26.3 Å². The lowest BCUT2D eigenvalue weighted by Crippen LogP contribution is -2.45. The zero-order chi connectivity index (χ0) is 18.1. The molecule has 4 heteroatoms. The van der Waals surface area contributed by atoms with Crippen LogP contribution in [-0.4, -0.2) is 43.0 Å². The Labute approximate surface area is 151 Å². The van der Waals surface area contributed by atoms with Gasteiger partial charge < -0.3 is 10.6 Å². The maximum absolute atomic E-state index is 12.9. The first-order chi connectivity index (χ1) is 12.1. The Balaban J connectivity index is 2.02. The summed E-state index contributed by atoms with van der Waals surface area (Å²) in [5.74, 6) is 0.114. The minimum absolute atomic E-state index is 0.114. The molecule has 0 radical (unpaired) electrons. The second-order valence-corrected chi connectivity index (χ2v) is 6.49. The number of nitrogens with zero attached hydrogens (tertiary/aromatic N) is 2. The molecule has 0 aliphatic carbocycles. The minimum atomic E-state index is 0.114. The number of hydrogen-bond acceptors (Lipinski definition) is 3. The molecule has 0 atom stereocenters. The van der Waals surface area contributed by atoms with Crippen LogP contribution in [0.4, 0.5) is 5.69 Å². The molecule has 0 fully saturated rings. The zero-order valence-corrected chi connectivity index (χ0v) is 15.3. The third-order valence-electron chi connectivity index (χ3n) is 4.18. The van der Waals surface area contributed by atoms with Crippen molar-refractivity contribution < 1.29 is 4.79 Å². The molecule has 2 aromatic rings. The summed E-state index contributed by atoms with van der Waals surface area (Å²) in [5, 5.41) is 0. The number of carbonyl (C=O) groups excluding carboxylic acids is 1. The number of nitrogens with two attached hydrogens (primary N) is 1. The van der Waals surface area contributed by atoms with Crippen molar-refractivity contribution in [3.05, 3.63) is 66.2 Å². The van der Waals surface area contributed by atoms with Gasteiger partial charge in [0, 0.05) is 31.4 Å². The van der Waals surface area contributed by atoms with Crippen LogP contribution in [0.3, 0.4) is 0 Å². The van der Waals surface area contributed by atoms with E-state index in [1.807, 2.05) is 67.3 Å². The van der Waals surface area contributed by atoms with Crippen LogP contribution in [0, 0.1) is 0 Å². The first kappa shape index (κ1) is 19.2. The summed E-state index contributed by atoms with van der Waals surface area (Å²) in [6.07, 6.45) is 0.918. The van der Waals surface area contributed by atoms with E-state index in [2.05, 4.69) is 17.0 Å². The van der Waals surface area contributed by atoms with E-state index in [0.29, 0.717) is 13.1 Å². The quantitative estimate of drug-likeness (QED) is 0.764. The molecule has 0 bridgehead atoms. The van der Waals surface area contributed by atoms with Crippen LogP contribution in [0.15, 0.2) is 60.7 Å². The molecule has 2 N–H and O–H groups in total. The van der Waals surface area contributed by atoms with Crippen molar-refractivity contribution >= 4 is 11.6 Å². The van der Waals surface area contributed by atoms with Crippen LogP contribution in [0.2, 0.25) is 0 Å².